The average molecular weight is 434 g/mol. The third kappa shape index (κ3) is 4.48. The summed E-state index contributed by atoms with van der Waals surface area (Å²) in [7, 11) is 0. The first-order valence-corrected chi connectivity index (χ1v) is 9.99. The Balaban J connectivity index is 1.21. The number of nitrogens with one attached hydrogen (secondary N) is 2. The molecule has 1 aromatic heterocycles. The van der Waals surface area contributed by atoms with Crippen molar-refractivity contribution >= 4 is 23.4 Å². The van der Waals surface area contributed by atoms with Crippen molar-refractivity contribution in [2.75, 3.05) is 13.2 Å². The highest BCUT2D eigenvalue weighted by atomic mass is 35.5. The minimum atomic E-state index is -0.601. The van der Waals surface area contributed by atoms with Gasteiger partial charge in [-0.1, -0.05) is 17.7 Å². The van der Waals surface area contributed by atoms with E-state index in [9.17, 15) is 14.0 Å². The molecule has 0 radical (unpaired) electrons. The zero-order valence-electron chi connectivity index (χ0n) is 16.1. The molecule has 7 nitrogen and oxygen atoms in total. The Morgan fingerprint density at radius 2 is 1.70 bits per heavy atom. The van der Waals surface area contributed by atoms with Crippen LogP contribution in [-0.4, -0.2) is 41.1 Å². The van der Waals surface area contributed by atoms with Gasteiger partial charge < -0.3 is 20.1 Å². The summed E-state index contributed by atoms with van der Waals surface area (Å²) in [4.78, 5) is 28.5. The van der Waals surface area contributed by atoms with Gasteiger partial charge in [0.2, 0.25) is 5.88 Å². The molecule has 0 aliphatic heterocycles. The SMILES string of the molecule is O=C(COc1ccc(Cl)c(F)c1)NC12CCC(NC(=O)COc3ccccn3)(C1)C2. The first-order chi connectivity index (χ1) is 14.4. The molecule has 2 bridgehead atoms. The standard InChI is InChI=1S/C21H21ClFN3O4/c22-15-5-4-14(9-16(15)23)29-10-17(27)25-20-6-7-21(12-20,13-20)26-18(28)11-30-19-3-1-2-8-24-19/h1-5,8-9H,6-7,10-13H2,(H,25,27)(H,26,28). The molecule has 3 aliphatic carbocycles. The van der Waals surface area contributed by atoms with Crippen molar-refractivity contribution in [3.8, 4) is 11.6 Å². The van der Waals surface area contributed by atoms with Crippen molar-refractivity contribution in [1.29, 1.82) is 0 Å². The summed E-state index contributed by atoms with van der Waals surface area (Å²) >= 11 is 5.63. The van der Waals surface area contributed by atoms with E-state index in [0.29, 0.717) is 18.7 Å². The molecular formula is C21H21ClFN3O4. The zero-order valence-corrected chi connectivity index (χ0v) is 16.9. The molecule has 9 heteroatoms. The smallest absolute Gasteiger partial charge is 0.258 e. The molecule has 2 aromatic rings. The maximum absolute atomic E-state index is 13.4. The highest BCUT2D eigenvalue weighted by Crippen LogP contribution is 2.55. The van der Waals surface area contributed by atoms with Gasteiger partial charge in [0, 0.05) is 29.4 Å². The van der Waals surface area contributed by atoms with Crippen LogP contribution < -0.4 is 20.1 Å². The molecule has 3 fully saturated rings. The number of carbonyl (C=O) groups is 2. The summed E-state index contributed by atoms with van der Waals surface area (Å²) in [5.74, 6) is -0.469. The number of hydrogen-bond acceptors (Lipinski definition) is 5. The van der Waals surface area contributed by atoms with Crippen molar-refractivity contribution in [1.82, 2.24) is 15.6 Å². The van der Waals surface area contributed by atoms with Gasteiger partial charge in [-0.05, 0) is 43.9 Å². The molecular weight excluding hydrogens is 413 g/mol. The molecule has 2 amide bonds. The highest BCUT2D eigenvalue weighted by Gasteiger charge is 2.62. The van der Waals surface area contributed by atoms with Gasteiger partial charge in [0.05, 0.1) is 5.02 Å². The first kappa shape index (κ1) is 20.4. The van der Waals surface area contributed by atoms with Gasteiger partial charge in [-0.25, -0.2) is 9.37 Å². The molecule has 3 saturated carbocycles. The number of hydrogen-bond donors (Lipinski definition) is 2. The number of rotatable bonds is 8. The lowest BCUT2D eigenvalue weighted by Gasteiger charge is -2.48. The predicted octanol–water partition coefficient (Wildman–Crippen LogP) is 2.63. The van der Waals surface area contributed by atoms with Gasteiger partial charge in [0.15, 0.2) is 13.2 Å². The van der Waals surface area contributed by atoms with E-state index in [0.717, 1.165) is 18.9 Å². The maximum Gasteiger partial charge on any atom is 0.258 e. The Kier molecular flexibility index (Phi) is 5.51. The van der Waals surface area contributed by atoms with E-state index in [1.54, 1.807) is 24.4 Å². The van der Waals surface area contributed by atoms with Gasteiger partial charge in [-0.3, -0.25) is 9.59 Å². The van der Waals surface area contributed by atoms with Gasteiger partial charge in [-0.15, -0.1) is 0 Å². The molecule has 0 atom stereocenters. The summed E-state index contributed by atoms with van der Waals surface area (Å²) in [5.41, 5.74) is -0.640. The van der Waals surface area contributed by atoms with E-state index in [-0.39, 0.29) is 46.9 Å². The Morgan fingerprint density at radius 3 is 2.30 bits per heavy atom. The highest BCUT2D eigenvalue weighted by molar-refractivity contribution is 6.30. The first-order valence-electron chi connectivity index (χ1n) is 9.61. The quantitative estimate of drug-likeness (QED) is 0.668. The summed E-state index contributed by atoms with van der Waals surface area (Å²) in [6.45, 7) is -0.330. The number of nitrogens with zero attached hydrogens (tertiary/aromatic N) is 1. The van der Waals surface area contributed by atoms with Crippen molar-refractivity contribution in [2.24, 2.45) is 0 Å². The zero-order chi connectivity index (χ0) is 21.2. The molecule has 30 heavy (non-hydrogen) atoms. The van der Waals surface area contributed by atoms with E-state index in [1.807, 2.05) is 0 Å². The Bertz CT molecular complexity index is 951. The van der Waals surface area contributed by atoms with E-state index in [2.05, 4.69) is 15.6 Å². The second-order valence-corrected chi connectivity index (χ2v) is 8.24. The number of benzene rings is 1. The molecule has 5 rings (SSSR count). The summed E-state index contributed by atoms with van der Waals surface area (Å²) in [5, 5.41) is 6.02. The number of carbonyl (C=O) groups excluding carboxylic acids is 2. The Labute approximate surface area is 177 Å². The van der Waals surface area contributed by atoms with Crippen LogP contribution >= 0.6 is 11.6 Å². The number of halogens is 2. The number of fused-ring (bicyclic) bond motifs is 1. The van der Waals surface area contributed by atoms with Crippen molar-refractivity contribution < 1.29 is 23.5 Å². The second-order valence-electron chi connectivity index (χ2n) is 7.83. The third-order valence-electron chi connectivity index (χ3n) is 5.49. The van der Waals surface area contributed by atoms with Crippen LogP contribution in [0.4, 0.5) is 4.39 Å². The lowest BCUT2D eigenvalue weighted by atomic mass is 9.71. The van der Waals surface area contributed by atoms with E-state index < -0.39 is 5.82 Å². The van der Waals surface area contributed by atoms with Gasteiger partial charge in [0.1, 0.15) is 11.6 Å². The van der Waals surface area contributed by atoms with Crippen LogP contribution in [0.5, 0.6) is 11.6 Å². The lowest BCUT2D eigenvalue weighted by Crippen LogP contribution is -2.65. The van der Waals surface area contributed by atoms with Crippen LogP contribution in [-0.2, 0) is 9.59 Å². The molecule has 0 unspecified atom stereocenters. The van der Waals surface area contributed by atoms with Gasteiger partial charge in [-0.2, -0.15) is 0 Å². The number of ether oxygens (including phenoxy) is 2. The fraction of sp³-hybridized carbons (Fsp3) is 0.381. The van der Waals surface area contributed by atoms with Crippen molar-refractivity contribution in [3.05, 3.63) is 53.4 Å². The fourth-order valence-corrected chi connectivity index (χ4v) is 4.45. The van der Waals surface area contributed by atoms with Crippen LogP contribution in [0.3, 0.4) is 0 Å². The van der Waals surface area contributed by atoms with Crippen LogP contribution in [0, 0.1) is 5.82 Å². The maximum atomic E-state index is 13.4. The minimum absolute atomic E-state index is 0.00469. The average Bonchev–Trinajstić information content (AvgIpc) is 3.22. The second kappa shape index (κ2) is 8.10. The van der Waals surface area contributed by atoms with Gasteiger partial charge >= 0.3 is 0 Å². The van der Waals surface area contributed by atoms with Gasteiger partial charge in [0.25, 0.3) is 11.8 Å². The third-order valence-corrected chi connectivity index (χ3v) is 5.80. The molecule has 2 N–H and O–H groups in total. The molecule has 1 heterocycles. The normalized spacial score (nSPS) is 23.9. The monoisotopic (exact) mass is 433 g/mol. The van der Waals surface area contributed by atoms with Crippen molar-refractivity contribution in [2.45, 2.75) is 36.8 Å². The molecule has 0 saturated heterocycles. The fourth-order valence-electron chi connectivity index (χ4n) is 4.33. The Hall–Kier alpha value is -2.87. The summed E-state index contributed by atoms with van der Waals surface area (Å²) < 4.78 is 24.1. The minimum Gasteiger partial charge on any atom is -0.484 e. The molecule has 3 aliphatic rings. The van der Waals surface area contributed by atoms with E-state index in [4.69, 9.17) is 21.1 Å². The van der Waals surface area contributed by atoms with E-state index in [1.165, 1.54) is 12.1 Å². The van der Waals surface area contributed by atoms with Crippen LogP contribution in [0.15, 0.2) is 42.6 Å². The summed E-state index contributed by atoms with van der Waals surface area (Å²) in [6, 6.07) is 9.26. The topological polar surface area (TPSA) is 89.6 Å². The Morgan fingerprint density at radius 1 is 1.03 bits per heavy atom. The van der Waals surface area contributed by atoms with Crippen LogP contribution in [0.25, 0.3) is 0 Å². The summed E-state index contributed by atoms with van der Waals surface area (Å²) in [6.07, 6.45) is 4.48. The number of pyridine rings is 1. The number of amides is 2. The predicted molar refractivity (Wildman–Crippen MR) is 107 cm³/mol. The number of aromatic nitrogens is 1. The molecule has 1 aromatic carbocycles. The molecule has 158 valence electrons. The lowest BCUT2D eigenvalue weighted by molar-refractivity contribution is -0.128. The largest absolute Gasteiger partial charge is 0.484 e. The molecule has 0 spiro atoms. The van der Waals surface area contributed by atoms with Crippen LogP contribution in [0.1, 0.15) is 25.7 Å². The van der Waals surface area contributed by atoms with Crippen molar-refractivity contribution in [3.63, 3.8) is 0 Å². The van der Waals surface area contributed by atoms with Crippen LogP contribution in [0.2, 0.25) is 5.02 Å². The van der Waals surface area contributed by atoms with E-state index >= 15 is 0 Å².